The first-order valence-electron chi connectivity index (χ1n) is 8.86. The van der Waals surface area contributed by atoms with Gasteiger partial charge in [0.05, 0.1) is 18.4 Å². The molecule has 0 radical (unpaired) electrons. The molecule has 148 valence electrons. The topological polar surface area (TPSA) is 79.0 Å². The van der Waals surface area contributed by atoms with E-state index >= 15 is 0 Å². The number of nitrogens with zero attached hydrogens (tertiary/aromatic N) is 2. The Labute approximate surface area is 164 Å². The van der Waals surface area contributed by atoms with Crippen molar-refractivity contribution in [1.29, 1.82) is 0 Å². The largest absolute Gasteiger partial charge is 0.465 e. The van der Waals surface area contributed by atoms with Crippen LogP contribution in [0.5, 0.6) is 0 Å². The number of carbonyl (C=O) groups is 3. The number of anilines is 3. The summed E-state index contributed by atoms with van der Waals surface area (Å²) in [5.74, 6) is -1.02. The lowest BCUT2D eigenvalue weighted by molar-refractivity contribution is -0.117. The van der Waals surface area contributed by atoms with Crippen molar-refractivity contribution in [3.63, 3.8) is 0 Å². The Hall–Kier alpha value is -3.35. The Morgan fingerprint density at radius 2 is 1.64 bits per heavy atom. The summed E-state index contributed by atoms with van der Waals surface area (Å²) in [6.07, 6.45) is 0.0878. The second-order valence-electron chi connectivity index (χ2n) is 6.42. The van der Waals surface area contributed by atoms with E-state index in [1.54, 1.807) is 24.3 Å². The van der Waals surface area contributed by atoms with Crippen LogP contribution in [0, 0.1) is 0 Å². The second-order valence-corrected chi connectivity index (χ2v) is 6.42. The van der Waals surface area contributed by atoms with Crippen LogP contribution in [0.2, 0.25) is 0 Å². The number of esters is 1. The van der Waals surface area contributed by atoms with E-state index in [2.05, 4.69) is 5.32 Å². The number of hydrogen-bond acceptors (Lipinski definition) is 5. The lowest BCUT2D eigenvalue weighted by Gasteiger charge is -2.23. The molecule has 7 heteroatoms. The summed E-state index contributed by atoms with van der Waals surface area (Å²) in [5, 5.41) is 2.82. The van der Waals surface area contributed by atoms with Crippen molar-refractivity contribution in [3.05, 3.63) is 54.1 Å². The predicted octanol–water partition coefficient (Wildman–Crippen LogP) is 2.92. The van der Waals surface area contributed by atoms with Gasteiger partial charge in [0.1, 0.15) is 0 Å². The molecule has 0 aliphatic rings. The summed E-state index contributed by atoms with van der Waals surface area (Å²) < 4.78 is 4.78. The van der Waals surface area contributed by atoms with Crippen LogP contribution in [0.3, 0.4) is 0 Å². The normalized spacial score (nSPS) is 10.1. The molecule has 0 heterocycles. The lowest BCUT2D eigenvalue weighted by Crippen LogP contribution is -2.33. The molecule has 0 aliphatic carbocycles. The molecular formula is C21H25N3O4. The molecule has 0 saturated heterocycles. The maximum Gasteiger partial charge on any atom is 0.339 e. The van der Waals surface area contributed by atoms with Gasteiger partial charge in [-0.25, -0.2) is 4.79 Å². The predicted molar refractivity (Wildman–Crippen MR) is 110 cm³/mol. The average Bonchev–Trinajstić information content (AvgIpc) is 2.68. The van der Waals surface area contributed by atoms with Gasteiger partial charge in [-0.2, -0.15) is 0 Å². The zero-order valence-electron chi connectivity index (χ0n) is 16.6. The monoisotopic (exact) mass is 383 g/mol. The van der Waals surface area contributed by atoms with Gasteiger partial charge in [-0.15, -0.1) is 0 Å². The van der Waals surface area contributed by atoms with Gasteiger partial charge in [0, 0.05) is 45.4 Å². The summed E-state index contributed by atoms with van der Waals surface area (Å²) in [4.78, 5) is 39.8. The van der Waals surface area contributed by atoms with Crippen molar-refractivity contribution in [2.24, 2.45) is 0 Å². The highest BCUT2D eigenvalue weighted by Gasteiger charge is 2.20. The van der Waals surface area contributed by atoms with E-state index in [4.69, 9.17) is 4.74 Å². The van der Waals surface area contributed by atoms with E-state index in [1.165, 1.54) is 18.9 Å². The van der Waals surface area contributed by atoms with Gasteiger partial charge in [0.15, 0.2) is 0 Å². The lowest BCUT2D eigenvalue weighted by atomic mass is 10.1. The molecule has 0 aromatic heterocycles. The highest BCUT2D eigenvalue weighted by atomic mass is 16.5. The minimum absolute atomic E-state index is 0.0878. The van der Waals surface area contributed by atoms with Crippen LogP contribution in [0.25, 0.3) is 0 Å². The summed E-state index contributed by atoms with van der Waals surface area (Å²) in [6, 6.07) is 14.1. The summed E-state index contributed by atoms with van der Waals surface area (Å²) in [5.41, 5.74) is 2.41. The van der Waals surface area contributed by atoms with Crippen molar-refractivity contribution < 1.29 is 19.1 Å². The highest BCUT2D eigenvalue weighted by molar-refractivity contribution is 6.02. The number of carbonyl (C=O) groups excluding carboxylic acids is 3. The van der Waals surface area contributed by atoms with E-state index in [0.29, 0.717) is 11.4 Å². The van der Waals surface area contributed by atoms with Crippen LogP contribution in [-0.2, 0) is 14.3 Å². The summed E-state index contributed by atoms with van der Waals surface area (Å²) >= 11 is 0. The van der Waals surface area contributed by atoms with Crippen LogP contribution in [0.1, 0.15) is 23.7 Å². The smallest absolute Gasteiger partial charge is 0.339 e. The van der Waals surface area contributed by atoms with Gasteiger partial charge in [-0.3, -0.25) is 9.59 Å². The number of methoxy groups -OCH3 is 1. The molecule has 0 aliphatic heterocycles. The first-order chi connectivity index (χ1) is 13.3. The van der Waals surface area contributed by atoms with Gasteiger partial charge >= 0.3 is 5.97 Å². The second kappa shape index (κ2) is 9.55. The molecule has 0 unspecified atom stereocenters. The molecule has 7 nitrogen and oxygen atoms in total. The standard InChI is InChI=1S/C21H25N3O4/c1-15(25)24(19-8-6-5-7-18(19)21(27)28-4)14-13-20(26)22-16-9-11-17(12-10-16)23(2)3/h5-12H,13-14H2,1-4H3,(H,22,26). The van der Waals surface area contributed by atoms with Crippen molar-refractivity contribution >= 4 is 34.8 Å². The molecule has 1 N–H and O–H groups in total. The first-order valence-corrected chi connectivity index (χ1v) is 8.86. The average molecular weight is 383 g/mol. The van der Waals surface area contributed by atoms with Crippen LogP contribution in [0.15, 0.2) is 48.5 Å². The van der Waals surface area contributed by atoms with E-state index in [9.17, 15) is 14.4 Å². The van der Waals surface area contributed by atoms with Gasteiger partial charge in [0.25, 0.3) is 0 Å². The van der Waals surface area contributed by atoms with Gasteiger partial charge < -0.3 is 19.9 Å². The van der Waals surface area contributed by atoms with Crippen LogP contribution in [-0.4, -0.2) is 45.5 Å². The third-order valence-electron chi connectivity index (χ3n) is 4.21. The molecule has 0 bridgehead atoms. The Morgan fingerprint density at radius 3 is 2.21 bits per heavy atom. The minimum atomic E-state index is -0.535. The van der Waals surface area contributed by atoms with Crippen molar-refractivity contribution in [3.8, 4) is 0 Å². The molecule has 2 aromatic carbocycles. The third-order valence-corrected chi connectivity index (χ3v) is 4.21. The molecule has 0 fully saturated rings. The number of hydrogen-bond donors (Lipinski definition) is 1. The first kappa shape index (κ1) is 21.0. The fourth-order valence-corrected chi connectivity index (χ4v) is 2.72. The van der Waals surface area contributed by atoms with Gasteiger partial charge in [-0.05, 0) is 36.4 Å². The minimum Gasteiger partial charge on any atom is -0.465 e. The highest BCUT2D eigenvalue weighted by Crippen LogP contribution is 2.22. The summed E-state index contributed by atoms with van der Waals surface area (Å²) in [7, 11) is 5.17. The van der Waals surface area contributed by atoms with E-state index < -0.39 is 5.97 Å². The van der Waals surface area contributed by atoms with Gasteiger partial charge in [-0.1, -0.05) is 12.1 Å². The number of amides is 2. The zero-order valence-corrected chi connectivity index (χ0v) is 16.6. The molecular weight excluding hydrogens is 358 g/mol. The van der Waals surface area contributed by atoms with Crippen LogP contribution < -0.4 is 15.1 Å². The van der Waals surface area contributed by atoms with Crippen LogP contribution >= 0.6 is 0 Å². The van der Waals surface area contributed by atoms with E-state index in [0.717, 1.165) is 5.69 Å². The SMILES string of the molecule is COC(=O)c1ccccc1N(CCC(=O)Nc1ccc(N(C)C)cc1)C(C)=O. The Morgan fingerprint density at radius 1 is 1.00 bits per heavy atom. The Kier molecular flexibility index (Phi) is 7.14. The van der Waals surface area contributed by atoms with Crippen LogP contribution in [0.4, 0.5) is 17.1 Å². The maximum atomic E-state index is 12.3. The van der Waals surface area contributed by atoms with E-state index in [-0.39, 0.29) is 30.3 Å². The molecule has 0 saturated carbocycles. The molecule has 2 aromatic rings. The molecule has 2 amide bonds. The number of para-hydroxylation sites is 1. The fraction of sp³-hybridized carbons (Fsp3) is 0.286. The van der Waals surface area contributed by atoms with Crippen molar-refractivity contribution in [2.75, 3.05) is 42.9 Å². The number of rotatable bonds is 7. The molecule has 0 atom stereocenters. The number of benzene rings is 2. The number of nitrogens with one attached hydrogen (secondary N) is 1. The Bertz CT molecular complexity index is 847. The molecule has 28 heavy (non-hydrogen) atoms. The fourth-order valence-electron chi connectivity index (χ4n) is 2.72. The Balaban J connectivity index is 2.07. The molecule has 2 rings (SSSR count). The quantitative estimate of drug-likeness (QED) is 0.744. The summed E-state index contributed by atoms with van der Waals surface area (Å²) in [6.45, 7) is 1.54. The van der Waals surface area contributed by atoms with E-state index in [1.807, 2.05) is 43.3 Å². The van der Waals surface area contributed by atoms with Crippen molar-refractivity contribution in [1.82, 2.24) is 0 Å². The number of ether oxygens (including phenoxy) is 1. The zero-order chi connectivity index (χ0) is 20.7. The maximum absolute atomic E-state index is 12.3. The molecule has 0 spiro atoms. The van der Waals surface area contributed by atoms with Gasteiger partial charge in [0.2, 0.25) is 11.8 Å². The third kappa shape index (κ3) is 5.33. The van der Waals surface area contributed by atoms with Crippen molar-refractivity contribution in [2.45, 2.75) is 13.3 Å².